The molecule has 1 saturated heterocycles. The van der Waals surface area contributed by atoms with Crippen LogP contribution >= 0.6 is 0 Å². The number of methoxy groups -OCH3 is 1. The minimum Gasteiger partial charge on any atom is -0.578 e. The molecule has 0 bridgehead atoms. The summed E-state index contributed by atoms with van der Waals surface area (Å²) in [4.78, 5) is 6.13. The molecular weight excluding hydrogens is 332 g/mol. The minimum absolute atomic E-state index is 0.0183. The number of piperidine rings is 1. The predicted octanol–water partition coefficient (Wildman–Crippen LogP) is -0.218. The van der Waals surface area contributed by atoms with E-state index in [0.717, 1.165) is 19.5 Å². The van der Waals surface area contributed by atoms with Crippen molar-refractivity contribution in [2.24, 2.45) is 28.1 Å². The molecule has 0 aromatic carbocycles. The van der Waals surface area contributed by atoms with Crippen molar-refractivity contribution in [2.45, 2.75) is 52.4 Å². The van der Waals surface area contributed by atoms with E-state index in [-0.39, 0.29) is 18.0 Å². The van der Waals surface area contributed by atoms with Gasteiger partial charge >= 0.3 is 5.90 Å². The van der Waals surface area contributed by atoms with Crippen molar-refractivity contribution in [1.29, 1.82) is 0 Å². The number of nitrogens with two attached hydrogens (primary N) is 3. The highest BCUT2D eigenvalue weighted by molar-refractivity contribution is 5.95. The second-order valence-corrected chi connectivity index (χ2v) is 7.32. The van der Waals surface area contributed by atoms with Crippen LogP contribution in [0.4, 0.5) is 0 Å². The Balaban J connectivity index is 3.03. The number of hydrogen-bond donors (Lipinski definition) is 4. The Morgan fingerprint density at radius 1 is 1.38 bits per heavy atom. The van der Waals surface area contributed by atoms with E-state index in [9.17, 15) is 0 Å². The molecule has 1 fully saturated rings. The molecule has 150 valence electrons. The van der Waals surface area contributed by atoms with Crippen LogP contribution in [0.5, 0.6) is 0 Å². The van der Waals surface area contributed by atoms with Crippen LogP contribution in [-0.4, -0.2) is 61.0 Å². The number of ether oxygens (including phenoxy) is 1. The summed E-state index contributed by atoms with van der Waals surface area (Å²) in [5.41, 5.74) is 19.0. The fourth-order valence-electron chi connectivity index (χ4n) is 2.93. The predicted molar refractivity (Wildman–Crippen MR) is 107 cm³/mol. The summed E-state index contributed by atoms with van der Waals surface area (Å²) in [6.45, 7) is 10.2. The monoisotopic (exact) mass is 369 g/mol. The second-order valence-electron chi connectivity index (χ2n) is 7.32. The third-order valence-corrected chi connectivity index (χ3v) is 4.23. The molecule has 1 aliphatic rings. The van der Waals surface area contributed by atoms with Crippen molar-refractivity contribution in [3.63, 3.8) is 0 Å². The van der Waals surface area contributed by atoms with Gasteiger partial charge in [0, 0.05) is 31.9 Å². The molecule has 9 N–H and O–H groups in total. The lowest BCUT2D eigenvalue weighted by Crippen LogP contribution is -2.54. The highest BCUT2D eigenvalue weighted by Crippen LogP contribution is 2.19. The molecule has 1 aliphatic heterocycles. The van der Waals surface area contributed by atoms with E-state index in [2.05, 4.69) is 24.2 Å². The van der Waals surface area contributed by atoms with Gasteiger partial charge in [-0.15, -0.1) is 0 Å². The molecular formula is C18H37N6O2+. The van der Waals surface area contributed by atoms with E-state index in [1.807, 2.05) is 4.90 Å². The van der Waals surface area contributed by atoms with Crippen LogP contribution in [0.1, 0.15) is 34.1 Å². The first-order valence-corrected chi connectivity index (χ1v) is 9.15. The van der Waals surface area contributed by atoms with E-state index in [0.29, 0.717) is 29.6 Å². The van der Waals surface area contributed by atoms with Gasteiger partial charge in [-0.2, -0.15) is 4.99 Å². The summed E-state index contributed by atoms with van der Waals surface area (Å²) < 4.78 is 5.68. The van der Waals surface area contributed by atoms with Gasteiger partial charge in [-0.05, 0) is 38.8 Å². The van der Waals surface area contributed by atoms with E-state index in [1.165, 1.54) is 0 Å². The van der Waals surface area contributed by atoms with Gasteiger partial charge in [0.1, 0.15) is 17.6 Å². The molecule has 0 saturated carbocycles. The van der Waals surface area contributed by atoms with Gasteiger partial charge in [0.05, 0.1) is 6.10 Å². The first-order valence-electron chi connectivity index (χ1n) is 9.15. The van der Waals surface area contributed by atoms with E-state index < -0.39 is 6.17 Å². The van der Waals surface area contributed by atoms with Gasteiger partial charge in [-0.1, -0.05) is 13.8 Å². The first-order chi connectivity index (χ1) is 12.1. The van der Waals surface area contributed by atoms with Crippen LogP contribution in [0.3, 0.4) is 0 Å². The lowest BCUT2D eigenvalue weighted by atomic mass is 10.00. The molecule has 8 heteroatoms. The molecule has 0 radical (unpaired) electrons. The zero-order valence-electron chi connectivity index (χ0n) is 16.7. The standard InChI is InChI=1S/C18H36N6O2/c1-11(2)9-22-15-6-7-24(10-16(15)26-5)17(21)14(8-12(3)19)18(25)23-13(4)20/h8,11,13,15-16,22H,6-7,9-10,19-21H2,1-5H3,(H,23,25)/p+1/b12-8-,17-14-/t13?,15-,16+/m1/s1. The zero-order valence-corrected chi connectivity index (χ0v) is 16.7. The van der Waals surface area contributed by atoms with Crippen LogP contribution in [0, 0.1) is 5.92 Å². The van der Waals surface area contributed by atoms with Crippen molar-refractivity contribution in [1.82, 2.24) is 10.2 Å². The lowest BCUT2D eigenvalue weighted by Gasteiger charge is -2.39. The van der Waals surface area contributed by atoms with Gasteiger partial charge in [0.2, 0.25) is 0 Å². The summed E-state index contributed by atoms with van der Waals surface area (Å²) in [6, 6.07) is 0.287. The largest absolute Gasteiger partial charge is 0.578 e. The molecule has 0 amide bonds. The van der Waals surface area contributed by atoms with E-state index in [4.69, 9.17) is 27.0 Å². The third-order valence-electron chi connectivity index (χ3n) is 4.23. The summed E-state index contributed by atoms with van der Waals surface area (Å²) >= 11 is 0. The summed E-state index contributed by atoms with van der Waals surface area (Å²) in [5.74, 6) is 1.10. The Kier molecular flexibility index (Phi) is 8.91. The maximum Gasteiger partial charge on any atom is 0.365 e. The van der Waals surface area contributed by atoms with Gasteiger partial charge in [-0.3, -0.25) is 0 Å². The maximum absolute atomic E-state index is 8.21. The van der Waals surface area contributed by atoms with Crippen LogP contribution in [-0.2, 0) is 4.74 Å². The van der Waals surface area contributed by atoms with Crippen molar-refractivity contribution in [2.75, 3.05) is 26.7 Å². The second kappa shape index (κ2) is 10.4. The highest BCUT2D eigenvalue weighted by atomic mass is 16.5. The SMILES string of the molecule is CO[C@H]1CN(/C(N)=C(/C=C(/C)N)C([OH2+])=NC(C)N)CC[C@H]1NCC(C)C. The number of likely N-dealkylation sites (tertiary alicyclic amines) is 1. The number of hydrogen-bond acceptors (Lipinski definition) is 7. The van der Waals surface area contributed by atoms with E-state index in [1.54, 1.807) is 27.0 Å². The van der Waals surface area contributed by atoms with Gasteiger partial charge < -0.3 is 37.3 Å². The van der Waals surface area contributed by atoms with Crippen molar-refractivity contribution >= 4 is 5.90 Å². The fourth-order valence-corrected chi connectivity index (χ4v) is 2.93. The molecule has 1 rings (SSSR count). The Hall–Kier alpha value is -1.77. The first kappa shape index (κ1) is 22.3. The Morgan fingerprint density at radius 3 is 2.54 bits per heavy atom. The van der Waals surface area contributed by atoms with E-state index >= 15 is 0 Å². The number of rotatable bonds is 8. The third kappa shape index (κ3) is 6.86. The quantitative estimate of drug-likeness (QED) is 0.202. The van der Waals surface area contributed by atoms with Crippen molar-refractivity contribution in [3.8, 4) is 0 Å². The molecule has 26 heavy (non-hydrogen) atoms. The highest BCUT2D eigenvalue weighted by Gasteiger charge is 2.31. The van der Waals surface area contributed by atoms with Crippen LogP contribution < -0.4 is 22.5 Å². The zero-order chi connectivity index (χ0) is 19.9. The smallest absolute Gasteiger partial charge is 0.365 e. The molecule has 1 heterocycles. The minimum atomic E-state index is -0.477. The van der Waals surface area contributed by atoms with Crippen LogP contribution in [0.2, 0.25) is 0 Å². The Bertz CT molecular complexity index is 538. The van der Waals surface area contributed by atoms with Crippen molar-refractivity contribution in [3.05, 3.63) is 23.2 Å². The molecule has 0 aromatic rings. The van der Waals surface area contributed by atoms with Crippen molar-refractivity contribution < 1.29 is 9.84 Å². The maximum atomic E-state index is 8.21. The molecule has 3 atom stereocenters. The number of nitrogens with zero attached hydrogens (tertiary/aromatic N) is 2. The normalized spacial score (nSPS) is 24.7. The van der Waals surface area contributed by atoms with Gasteiger partial charge in [0.25, 0.3) is 0 Å². The van der Waals surface area contributed by atoms with Crippen LogP contribution in [0.15, 0.2) is 28.2 Å². The lowest BCUT2D eigenvalue weighted by molar-refractivity contribution is 0.0152. The Labute approximate surface area is 157 Å². The summed E-state index contributed by atoms with van der Waals surface area (Å²) in [7, 11) is 1.72. The Morgan fingerprint density at radius 2 is 2.04 bits per heavy atom. The topological polar surface area (TPSA) is 138 Å². The number of allylic oxidation sites excluding steroid dienone is 1. The molecule has 1 unspecified atom stereocenters. The summed E-state index contributed by atoms with van der Waals surface area (Å²) in [6.07, 6.45) is 2.12. The number of aliphatic imine (C=N–C) groups is 1. The fraction of sp³-hybridized carbons (Fsp3) is 0.722. The molecule has 0 aliphatic carbocycles. The molecule has 0 aromatic heterocycles. The average Bonchev–Trinajstić information content (AvgIpc) is 2.56. The van der Waals surface area contributed by atoms with Gasteiger partial charge in [-0.25, -0.2) is 0 Å². The average molecular weight is 370 g/mol. The number of nitrogens with one attached hydrogen (secondary N) is 1. The molecule has 8 nitrogen and oxygen atoms in total. The van der Waals surface area contributed by atoms with Gasteiger partial charge in [0.15, 0.2) is 0 Å². The molecule has 0 spiro atoms. The van der Waals surface area contributed by atoms with Crippen LogP contribution in [0.25, 0.3) is 0 Å². The summed E-state index contributed by atoms with van der Waals surface area (Å²) in [5, 5.41) is 11.8.